The summed E-state index contributed by atoms with van der Waals surface area (Å²) in [4.78, 5) is 21.4. The standard InChI is InChI=1S/C16H15F2N3O2/c17-12-3-1-11(2-4-12)7-15(22)21-6-5-14(10-21)23-16-19-8-13(18)9-20-16/h1-4,8-9,14H,5-7,10H2/t14-/m1/s1. The molecular formula is C16H15F2N3O2. The van der Waals surface area contributed by atoms with Crippen molar-refractivity contribution in [2.24, 2.45) is 0 Å². The van der Waals surface area contributed by atoms with E-state index in [2.05, 4.69) is 9.97 Å². The van der Waals surface area contributed by atoms with Crippen LogP contribution in [0.4, 0.5) is 8.78 Å². The fourth-order valence-electron chi connectivity index (χ4n) is 2.45. The maximum absolute atomic E-state index is 12.9. The highest BCUT2D eigenvalue weighted by atomic mass is 19.1. The summed E-state index contributed by atoms with van der Waals surface area (Å²) < 4.78 is 31.1. The predicted molar refractivity (Wildman–Crippen MR) is 77.7 cm³/mol. The average Bonchev–Trinajstić information content (AvgIpc) is 3.00. The Bertz CT molecular complexity index is 677. The number of halogens is 2. The molecule has 0 spiro atoms. The van der Waals surface area contributed by atoms with Gasteiger partial charge in [-0.3, -0.25) is 4.79 Å². The number of carbonyl (C=O) groups is 1. The minimum absolute atomic E-state index is 0.0391. The second-order valence-corrected chi connectivity index (χ2v) is 5.36. The molecule has 23 heavy (non-hydrogen) atoms. The molecule has 1 saturated heterocycles. The van der Waals surface area contributed by atoms with E-state index in [1.807, 2.05) is 0 Å². The van der Waals surface area contributed by atoms with Gasteiger partial charge in [0.2, 0.25) is 5.91 Å². The molecule has 0 unspecified atom stereocenters. The molecule has 2 heterocycles. The van der Waals surface area contributed by atoms with Crippen molar-refractivity contribution >= 4 is 5.91 Å². The summed E-state index contributed by atoms with van der Waals surface area (Å²) >= 11 is 0. The fourth-order valence-corrected chi connectivity index (χ4v) is 2.45. The Balaban J connectivity index is 1.53. The van der Waals surface area contributed by atoms with E-state index in [1.165, 1.54) is 12.1 Å². The summed E-state index contributed by atoms with van der Waals surface area (Å²) in [5, 5.41) is 0. The summed E-state index contributed by atoms with van der Waals surface area (Å²) in [6.07, 6.45) is 2.75. The lowest BCUT2D eigenvalue weighted by atomic mass is 10.1. The van der Waals surface area contributed by atoms with Crippen molar-refractivity contribution in [3.63, 3.8) is 0 Å². The lowest BCUT2D eigenvalue weighted by molar-refractivity contribution is -0.129. The zero-order valence-corrected chi connectivity index (χ0v) is 12.3. The van der Waals surface area contributed by atoms with E-state index in [4.69, 9.17) is 4.74 Å². The molecule has 5 nitrogen and oxygen atoms in total. The molecule has 3 rings (SSSR count). The first-order valence-corrected chi connectivity index (χ1v) is 7.26. The molecule has 1 aliphatic heterocycles. The third-order valence-electron chi connectivity index (χ3n) is 3.64. The highest BCUT2D eigenvalue weighted by Gasteiger charge is 2.28. The van der Waals surface area contributed by atoms with Gasteiger partial charge in [-0.05, 0) is 17.7 Å². The van der Waals surface area contributed by atoms with Gasteiger partial charge in [-0.1, -0.05) is 12.1 Å². The van der Waals surface area contributed by atoms with Gasteiger partial charge >= 0.3 is 6.01 Å². The maximum Gasteiger partial charge on any atom is 0.316 e. The van der Waals surface area contributed by atoms with Gasteiger partial charge in [0.05, 0.1) is 25.4 Å². The number of aromatic nitrogens is 2. The lowest BCUT2D eigenvalue weighted by Gasteiger charge is -2.16. The number of ether oxygens (including phenoxy) is 1. The SMILES string of the molecule is O=C(Cc1ccc(F)cc1)N1CC[C@@H](Oc2ncc(F)cn2)C1. The topological polar surface area (TPSA) is 55.3 Å². The van der Waals surface area contributed by atoms with Crippen molar-refractivity contribution < 1.29 is 18.3 Å². The van der Waals surface area contributed by atoms with E-state index in [1.54, 1.807) is 17.0 Å². The highest BCUT2D eigenvalue weighted by Crippen LogP contribution is 2.16. The number of nitrogens with zero attached hydrogens (tertiary/aromatic N) is 3. The number of rotatable bonds is 4. The highest BCUT2D eigenvalue weighted by molar-refractivity contribution is 5.79. The zero-order chi connectivity index (χ0) is 16.2. The van der Waals surface area contributed by atoms with Crippen LogP contribution in [0.3, 0.4) is 0 Å². The van der Waals surface area contributed by atoms with Gasteiger partial charge in [0.15, 0.2) is 5.82 Å². The van der Waals surface area contributed by atoms with Crippen molar-refractivity contribution in [1.29, 1.82) is 0 Å². The van der Waals surface area contributed by atoms with Crippen LogP contribution in [-0.4, -0.2) is 40.0 Å². The molecule has 1 atom stereocenters. The Morgan fingerprint density at radius 2 is 1.87 bits per heavy atom. The van der Waals surface area contributed by atoms with Gasteiger partial charge in [-0.2, -0.15) is 0 Å². The smallest absolute Gasteiger partial charge is 0.316 e. The van der Waals surface area contributed by atoms with E-state index >= 15 is 0 Å². The first kappa shape index (κ1) is 15.3. The fraction of sp³-hybridized carbons (Fsp3) is 0.312. The molecule has 2 aromatic rings. The van der Waals surface area contributed by atoms with Gasteiger partial charge in [0.25, 0.3) is 0 Å². The Morgan fingerprint density at radius 1 is 1.17 bits per heavy atom. The van der Waals surface area contributed by atoms with Crippen LogP contribution >= 0.6 is 0 Å². The van der Waals surface area contributed by atoms with E-state index in [0.717, 1.165) is 18.0 Å². The molecule has 1 aromatic heterocycles. The molecule has 1 amide bonds. The third kappa shape index (κ3) is 4.00. The van der Waals surface area contributed by atoms with Gasteiger partial charge in [0, 0.05) is 13.0 Å². The zero-order valence-electron chi connectivity index (χ0n) is 12.3. The molecule has 1 aromatic carbocycles. The molecule has 0 bridgehead atoms. The number of hydrogen-bond acceptors (Lipinski definition) is 4. The van der Waals surface area contributed by atoms with Crippen molar-refractivity contribution in [1.82, 2.24) is 14.9 Å². The quantitative estimate of drug-likeness (QED) is 0.865. The van der Waals surface area contributed by atoms with Crippen LogP contribution in [0.25, 0.3) is 0 Å². The van der Waals surface area contributed by atoms with Gasteiger partial charge < -0.3 is 9.64 Å². The second kappa shape index (κ2) is 6.68. The Morgan fingerprint density at radius 3 is 2.57 bits per heavy atom. The number of hydrogen-bond donors (Lipinski definition) is 0. The lowest BCUT2D eigenvalue weighted by Crippen LogP contribution is -2.32. The van der Waals surface area contributed by atoms with Crippen LogP contribution in [0.15, 0.2) is 36.7 Å². The van der Waals surface area contributed by atoms with Crippen LogP contribution in [0, 0.1) is 11.6 Å². The average molecular weight is 319 g/mol. The summed E-state index contributed by atoms with van der Waals surface area (Å²) in [6.45, 7) is 1.01. The van der Waals surface area contributed by atoms with Gasteiger partial charge in [-0.15, -0.1) is 0 Å². The van der Waals surface area contributed by atoms with Crippen LogP contribution in [0.2, 0.25) is 0 Å². The molecule has 0 N–H and O–H groups in total. The number of likely N-dealkylation sites (tertiary alicyclic amines) is 1. The summed E-state index contributed by atoms with van der Waals surface area (Å²) in [6, 6.07) is 5.98. The minimum Gasteiger partial charge on any atom is -0.458 e. The summed E-state index contributed by atoms with van der Waals surface area (Å²) in [5.74, 6) is -0.891. The Kier molecular flexibility index (Phi) is 4.45. The molecule has 0 aliphatic carbocycles. The summed E-state index contributed by atoms with van der Waals surface area (Å²) in [5.41, 5.74) is 0.766. The Labute approximate surface area is 131 Å². The van der Waals surface area contributed by atoms with E-state index in [-0.39, 0.29) is 30.3 Å². The first-order valence-electron chi connectivity index (χ1n) is 7.26. The minimum atomic E-state index is -0.528. The molecular weight excluding hydrogens is 304 g/mol. The normalized spacial score (nSPS) is 17.3. The molecule has 120 valence electrons. The number of benzene rings is 1. The van der Waals surface area contributed by atoms with E-state index < -0.39 is 5.82 Å². The van der Waals surface area contributed by atoms with Crippen LogP contribution in [0.5, 0.6) is 6.01 Å². The van der Waals surface area contributed by atoms with Crippen molar-refractivity contribution in [3.05, 3.63) is 53.9 Å². The first-order chi connectivity index (χ1) is 11.1. The van der Waals surface area contributed by atoms with E-state index in [0.29, 0.717) is 19.5 Å². The Hall–Kier alpha value is -2.57. The molecule has 1 fully saturated rings. The maximum atomic E-state index is 12.9. The molecule has 1 aliphatic rings. The second-order valence-electron chi connectivity index (χ2n) is 5.36. The van der Waals surface area contributed by atoms with E-state index in [9.17, 15) is 13.6 Å². The molecule has 0 radical (unpaired) electrons. The summed E-state index contributed by atoms with van der Waals surface area (Å²) in [7, 11) is 0. The van der Waals surface area contributed by atoms with Crippen LogP contribution in [-0.2, 0) is 11.2 Å². The number of amides is 1. The predicted octanol–water partition coefficient (Wildman–Crippen LogP) is 1.98. The number of carbonyl (C=O) groups excluding carboxylic acids is 1. The molecule has 7 heteroatoms. The monoisotopic (exact) mass is 319 g/mol. The van der Waals surface area contributed by atoms with Crippen LogP contribution < -0.4 is 4.74 Å². The van der Waals surface area contributed by atoms with Crippen molar-refractivity contribution in [3.8, 4) is 6.01 Å². The molecule has 0 saturated carbocycles. The van der Waals surface area contributed by atoms with Crippen molar-refractivity contribution in [2.45, 2.75) is 18.9 Å². The van der Waals surface area contributed by atoms with Gasteiger partial charge in [-0.25, -0.2) is 18.7 Å². The third-order valence-corrected chi connectivity index (χ3v) is 3.64. The van der Waals surface area contributed by atoms with Gasteiger partial charge in [0.1, 0.15) is 11.9 Å². The van der Waals surface area contributed by atoms with Crippen molar-refractivity contribution in [2.75, 3.05) is 13.1 Å². The van der Waals surface area contributed by atoms with Crippen LogP contribution in [0.1, 0.15) is 12.0 Å². The largest absolute Gasteiger partial charge is 0.458 e.